The Morgan fingerprint density at radius 3 is 2.65 bits per heavy atom. The van der Waals surface area contributed by atoms with Crippen LogP contribution >= 0.6 is 23.4 Å². The van der Waals surface area contributed by atoms with Gasteiger partial charge in [-0.2, -0.15) is 10.5 Å². The first kappa shape index (κ1) is 16.9. The summed E-state index contributed by atoms with van der Waals surface area (Å²) in [5, 5.41) is 21.9. The maximum Gasteiger partial charge on any atom is 0.243 e. The summed E-state index contributed by atoms with van der Waals surface area (Å²) in [6, 6.07) is 10.7. The van der Waals surface area contributed by atoms with Gasteiger partial charge in [-0.25, -0.2) is 0 Å². The molecule has 2 amide bonds. The van der Waals surface area contributed by atoms with Gasteiger partial charge >= 0.3 is 0 Å². The van der Waals surface area contributed by atoms with Gasteiger partial charge in [0.2, 0.25) is 11.8 Å². The number of nitrogens with zero attached hydrogens (tertiary/aromatic N) is 2. The Bertz CT molecular complexity index is 778. The minimum absolute atomic E-state index is 0.0900. The molecule has 1 heterocycles. The van der Waals surface area contributed by atoms with E-state index in [1.54, 1.807) is 24.3 Å². The van der Waals surface area contributed by atoms with Crippen LogP contribution in [0.25, 0.3) is 0 Å². The second kappa shape index (κ2) is 7.19. The number of thioether (sulfide) groups is 1. The van der Waals surface area contributed by atoms with E-state index in [0.29, 0.717) is 10.6 Å². The van der Waals surface area contributed by atoms with Gasteiger partial charge in [-0.3, -0.25) is 9.59 Å². The zero-order valence-corrected chi connectivity index (χ0v) is 13.3. The number of amides is 2. The number of carbonyl (C=O) groups excluding carboxylic acids is 2. The average molecular weight is 347 g/mol. The highest BCUT2D eigenvalue weighted by Crippen LogP contribution is 2.41. The van der Waals surface area contributed by atoms with Crippen molar-refractivity contribution in [2.45, 2.75) is 5.92 Å². The summed E-state index contributed by atoms with van der Waals surface area (Å²) in [7, 11) is 0. The molecule has 0 bridgehead atoms. The molecule has 2 rings (SSSR count). The van der Waals surface area contributed by atoms with Crippen LogP contribution in [0.3, 0.4) is 0 Å². The normalized spacial score (nSPS) is 20.4. The average Bonchev–Trinajstić information content (AvgIpc) is 2.52. The van der Waals surface area contributed by atoms with E-state index >= 15 is 0 Å². The number of halogens is 1. The lowest BCUT2D eigenvalue weighted by molar-refractivity contribution is -0.123. The monoisotopic (exact) mass is 346 g/mol. The largest absolute Gasteiger partial charge is 0.369 e. The van der Waals surface area contributed by atoms with E-state index in [-0.39, 0.29) is 16.4 Å². The van der Waals surface area contributed by atoms with Gasteiger partial charge in [0.15, 0.2) is 0 Å². The molecule has 0 spiro atoms. The quantitative estimate of drug-likeness (QED) is 0.858. The lowest BCUT2D eigenvalue weighted by Gasteiger charge is -2.29. The molecule has 116 valence electrons. The third-order valence-electron chi connectivity index (χ3n) is 3.27. The molecule has 0 saturated heterocycles. The number of benzene rings is 1. The Balaban J connectivity index is 2.57. The van der Waals surface area contributed by atoms with Gasteiger partial charge in [-0.1, -0.05) is 41.6 Å². The van der Waals surface area contributed by atoms with Crippen LogP contribution in [-0.2, 0) is 9.59 Å². The van der Waals surface area contributed by atoms with Crippen LogP contribution in [0.1, 0.15) is 11.5 Å². The van der Waals surface area contributed by atoms with Crippen molar-refractivity contribution >= 4 is 35.2 Å². The molecule has 0 unspecified atom stereocenters. The summed E-state index contributed by atoms with van der Waals surface area (Å²) in [5.41, 5.74) is 5.81. The van der Waals surface area contributed by atoms with Crippen LogP contribution in [0.5, 0.6) is 0 Å². The molecule has 0 aliphatic carbocycles. The van der Waals surface area contributed by atoms with Crippen molar-refractivity contribution in [2.24, 2.45) is 11.7 Å². The third kappa shape index (κ3) is 3.48. The number of hydrogen-bond donors (Lipinski definition) is 2. The third-order valence-corrected chi connectivity index (χ3v) is 4.65. The molecule has 8 heteroatoms. The van der Waals surface area contributed by atoms with Crippen LogP contribution in [-0.4, -0.2) is 17.6 Å². The zero-order chi connectivity index (χ0) is 17.0. The minimum atomic E-state index is -1.08. The first-order valence-electron chi connectivity index (χ1n) is 6.49. The van der Waals surface area contributed by atoms with Gasteiger partial charge < -0.3 is 11.1 Å². The molecule has 3 N–H and O–H groups in total. The lowest BCUT2D eigenvalue weighted by atomic mass is 9.79. The zero-order valence-electron chi connectivity index (χ0n) is 11.7. The smallest absolute Gasteiger partial charge is 0.243 e. The van der Waals surface area contributed by atoms with Gasteiger partial charge in [0.1, 0.15) is 5.92 Å². The topological polar surface area (TPSA) is 120 Å². The van der Waals surface area contributed by atoms with Crippen molar-refractivity contribution in [2.75, 3.05) is 5.75 Å². The molecule has 23 heavy (non-hydrogen) atoms. The van der Waals surface area contributed by atoms with Crippen molar-refractivity contribution in [3.8, 4) is 12.1 Å². The van der Waals surface area contributed by atoms with E-state index < -0.39 is 23.7 Å². The predicted octanol–water partition coefficient (Wildman–Crippen LogP) is 1.65. The molecule has 0 radical (unpaired) electrons. The summed E-state index contributed by atoms with van der Waals surface area (Å²) in [5.74, 6) is -3.08. The van der Waals surface area contributed by atoms with E-state index in [9.17, 15) is 20.1 Å². The maximum absolute atomic E-state index is 12.2. The second-order valence-corrected chi connectivity index (χ2v) is 6.10. The van der Waals surface area contributed by atoms with Crippen LogP contribution < -0.4 is 11.1 Å². The Morgan fingerprint density at radius 1 is 1.39 bits per heavy atom. The van der Waals surface area contributed by atoms with E-state index in [1.807, 2.05) is 12.1 Å². The second-order valence-electron chi connectivity index (χ2n) is 4.70. The number of nitriles is 2. The minimum Gasteiger partial charge on any atom is -0.369 e. The molecular weight excluding hydrogens is 336 g/mol. The Kier molecular flexibility index (Phi) is 5.28. The Labute approximate surface area is 141 Å². The van der Waals surface area contributed by atoms with Gasteiger partial charge in [-0.05, 0) is 11.6 Å². The first-order valence-corrected chi connectivity index (χ1v) is 7.86. The molecule has 1 aliphatic rings. The number of nitrogens with one attached hydrogen (secondary N) is 1. The van der Waals surface area contributed by atoms with E-state index in [1.165, 1.54) is 0 Å². The van der Waals surface area contributed by atoms with Gasteiger partial charge in [-0.15, -0.1) is 0 Å². The molecule has 0 saturated carbocycles. The van der Waals surface area contributed by atoms with Gasteiger partial charge in [0.05, 0.1) is 28.5 Å². The van der Waals surface area contributed by atoms with Crippen molar-refractivity contribution in [1.82, 2.24) is 5.32 Å². The summed E-state index contributed by atoms with van der Waals surface area (Å²) in [6.07, 6.45) is 0. The molecular formula is C15H11ClN4O2S. The lowest BCUT2D eigenvalue weighted by Crippen LogP contribution is -2.39. The molecule has 1 aromatic rings. The molecule has 2 atom stereocenters. The number of primary amides is 1. The van der Waals surface area contributed by atoms with E-state index in [2.05, 4.69) is 5.32 Å². The fourth-order valence-electron chi connectivity index (χ4n) is 2.29. The summed E-state index contributed by atoms with van der Waals surface area (Å²) in [4.78, 5) is 23.1. The predicted molar refractivity (Wildman–Crippen MR) is 85.7 cm³/mol. The van der Waals surface area contributed by atoms with Crippen molar-refractivity contribution < 1.29 is 9.59 Å². The summed E-state index contributed by atoms with van der Waals surface area (Å²) < 4.78 is 0. The van der Waals surface area contributed by atoms with Crippen LogP contribution in [0, 0.1) is 28.6 Å². The number of carbonyl (C=O) groups is 2. The molecule has 1 aliphatic heterocycles. The number of rotatable bonds is 4. The van der Waals surface area contributed by atoms with Crippen LogP contribution in [0.4, 0.5) is 0 Å². The van der Waals surface area contributed by atoms with Crippen molar-refractivity contribution in [3.63, 3.8) is 0 Å². The molecule has 0 aromatic heterocycles. The standard InChI is InChI=1S/C15H11ClN4O2S/c16-11-4-2-1-3-8(11)13-9(5-17)14(22)20-15(10(13)6-18)23-7-12(19)21/h1-4,9,13H,7H2,(H2,19,21)(H,20,22)/t9-,13-/m1/s1. The molecule has 1 aromatic carbocycles. The summed E-state index contributed by atoms with van der Waals surface area (Å²) >= 11 is 7.13. The number of allylic oxidation sites excluding steroid dienone is 1. The SMILES string of the molecule is N#CC1=C(SCC(N)=O)NC(=O)[C@H](C#N)[C@H]1c1ccccc1Cl. The van der Waals surface area contributed by atoms with Crippen LogP contribution in [0.15, 0.2) is 34.9 Å². The van der Waals surface area contributed by atoms with Gasteiger partial charge in [0.25, 0.3) is 0 Å². The Hall–Kier alpha value is -2.48. The summed E-state index contributed by atoms with van der Waals surface area (Å²) in [6.45, 7) is 0. The van der Waals surface area contributed by atoms with Gasteiger partial charge in [0, 0.05) is 10.9 Å². The maximum atomic E-state index is 12.2. The van der Waals surface area contributed by atoms with Crippen LogP contribution in [0.2, 0.25) is 5.02 Å². The highest BCUT2D eigenvalue weighted by atomic mass is 35.5. The van der Waals surface area contributed by atoms with Crippen molar-refractivity contribution in [3.05, 3.63) is 45.5 Å². The highest BCUT2D eigenvalue weighted by Gasteiger charge is 2.40. The fraction of sp³-hybridized carbons (Fsp3) is 0.200. The first-order chi connectivity index (χ1) is 11.0. The highest BCUT2D eigenvalue weighted by molar-refractivity contribution is 8.03. The molecule has 0 fully saturated rings. The number of nitrogens with two attached hydrogens (primary N) is 1. The Morgan fingerprint density at radius 2 is 2.09 bits per heavy atom. The molecule has 6 nitrogen and oxygen atoms in total. The van der Waals surface area contributed by atoms with Crippen molar-refractivity contribution in [1.29, 1.82) is 10.5 Å². The van der Waals surface area contributed by atoms with E-state index in [0.717, 1.165) is 11.8 Å². The van der Waals surface area contributed by atoms with E-state index in [4.69, 9.17) is 17.3 Å². The number of hydrogen-bond acceptors (Lipinski definition) is 5. The fourth-order valence-corrected chi connectivity index (χ4v) is 3.33.